The molecular weight excluding hydrogens is 276 g/mol. The lowest BCUT2D eigenvalue weighted by Gasteiger charge is -2.02. The summed E-state index contributed by atoms with van der Waals surface area (Å²) in [5.41, 5.74) is 0. The number of unbranched alkanes of at least 4 members (excludes halogenated alkanes) is 8. The molecule has 17 heavy (non-hydrogen) atoms. The van der Waals surface area contributed by atoms with Crippen molar-refractivity contribution in [1.82, 2.24) is 9.55 Å². The van der Waals surface area contributed by atoms with E-state index in [1.54, 1.807) is 0 Å². The van der Waals surface area contributed by atoms with E-state index in [0.717, 1.165) is 6.54 Å². The van der Waals surface area contributed by atoms with Gasteiger partial charge in [-0.1, -0.05) is 58.3 Å². The van der Waals surface area contributed by atoms with E-state index in [9.17, 15) is 0 Å². The van der Waals surface area contributed by atoms with E-state index in [0.29, 0.717) is 0 Å². The van der Waals surface area contributed by atoms with Gasteiger partial charge in [0.05, 0.1) is 6.33 Å². The van der Waals surface area contributed by atoms with Gasteiger partial charge in [0.1, 0.15) is 0 Å². The number of nitrogens with zero attached hydrogens (tertiary/aromatic N) is 2. The number of imidazole rings is 1. The molecule has 1 rings (SSSR count). The fourth-order valence-electron chi connectivity index (χ4n) is 2.02. The Morgan fingerprint density at radius 3 is 2.00 bits per heavy atom. The maximum absolute atomic E-state index is 4.04. The second kappa shape index (κ2) is 12.2. The normalized spacial score (nSPS) is 10.2. The van der Waals surface area contributed by atoms with Gasteiger partial charge in [-0.2, -0.15) is 0 Å². The zero-order chi connectivity index (χ0) is 11.5. The molecule has 0 bridgehead atoms. The molecule has 1 aromatic heterocycles. The van der Waals surface area contributed by atoms with Gasteiger partial charge in [0.15, 0.2) is 0 Å². The predicted molar refractivity (Wildman–Crippen MR) is 79.8 cm³/mol. The van der Waals surface area contributed by atoms with Crippen LogP contribution in [0.2, 0.25) is 0 Å². The van der Waals surface area contributed by atoms with Crippen molar-refractivity contribution in [3.63, 3.8) is 0 Å². The molecule has 0 aliphatic rings. The summed E-state index contributed by atoms with van der Waals surface area (Å²) in [7, 11) is 0. The van der Waals surface area contributed by atoms with Gasteiger partial charge in [0.2, 0.25) is 0 Å². The van der Waals surface area contributed by atoms with Crippen LogP contribution < -0.4 is 0 Å². The number of hydrogen-bond acceptors (Lipinski definition) is 1. The van der Waals surface area contributed by atoms with Gasteiger partial charge in [0.25, 0.3) is 0 Å². The summed E-state index contributed by atoms with van der Waals surface area (Å²) in [6.45, 7) is 3.41. The van der Waals surface area contributed by atoms with Crippen molar-refractivity contribution in [2.45, 2.75) is 71.3 Å². The Balaban J connectivity index is 0.00000256. The second-order valence-electron chi connectivity index (χ2n) is 4.63. The van der Waals surface area contributed by atoms with E-state index in [-0.39, 0.29) is 17.0 Å². The fourth-order valence-corrected chi connectivity index (χ4v) is 2.02. The van der Waals surface area contributed by atoms with Gasteiger partial charge in [-0.3, -0.25) is 0 Å². The molecule has 0 aliphatic heterocycles. The minimum Gasteiger partial charge on any atom is -0.337 e. The molecule has 0 amide bonds. The molecule has 0 N–H and O–H groups in total. The quantitative estimate of drug-likeness (QED) is 0.557. The van der Waals surface area contributed by atoms with Crippen molar-refractivity contribution in [3.8, 4) is 0 Å². The van der Waals surface area contributed by atoms with Crippen LogP contribution in [0, 0.1) is 0 Å². The van der Waals surface area contributed by atoms with Crippen LogP contribution in [0.5, 0.6) is 0 Å². The first-order valence-electron chi connectivity index (χ1n) is 6.89. The molecule has 1 heterocycles. The Morgan fingerprint density at radius 2 is 1.47 bits per heavy atom. The number of aromatic nitrogens is 2. The summed E-state index contributed by atoms with van der Waals surface area (Å²) in [6, 6.07) is 0. The van der Waals surface area contributed by atoms with Gasteiger partial charge < -0.3 is 4.57 Å². The monoisotopic (exact) mass is 302 g/mol. The second-order valence-corrected chi connectivity index (χ2v) is 4.63. The van der Waals surface area contributed by atoms with Crippen LogP contribution >= 0.6 is 17.0 Å². The Kier molecular flexibility index (Phi) is 11.9. The topological polar surface area (TPSA) is 17.8 Å². The van der Waals surface area contributed by atoms with Crippen molar-refractivity contribution >= 4 is 17.0 Å². The zero-order valence-corrected chi connectivity index (χ0v) is 12.8. The third-order valence-corrected chi connectivity index (χ3v) is 3.08. The molecule has 0 aliphatic carbocycles. The molecule has 100 valence electrons. The Morgan fingerprint density at radius 1 is 0.882 bits per heavy atom. The van der Waals surface area contributed by atoms with Crippen LogP contribution in [-0.4, -0.2) is 9.55 Å². The third kappa shape index (κ3) is 9.40. The average Bonchev–Trinajstić information content (AvgIpc) is 2.80. The lowest BCUT2D eigenvalue weighted by Crippen LogP contribution is -1.93. The molecule has 0 saturated carbocycles. The van der Waals surface area contributed by atoms with E-state index in [4.69, 9.17) is 0 Å². The molecule has 0 aromatic carbocycles. The van der Waals surface area contributed by atoms with Gasteiger partial charge in [-0.15, -0.1) is 17.0 Å². The standard InChI is InChI=1S/C14H26N2.BrH/c1-2-3-4-5-6-7-8-9-10-12-16-13-11-15-14-16;/h11,13-14H,2-10,12H2,1H3;1H. The lowest BCUT2D eigenvalue weighted by atomic mass is 10.1. The van der Waals surface area contributed by atoms with E-state index in [1.807, 2.05) is 18.7 Å². The van der Waals surface area contributed by atoms with E-state index in [2.05, 4.69) is 16.5 Å². The number of halogens is 1. The van der Waals surface area contributed by atoms with Crippen LogP contribution in [0.25, 0.3) is 0 Å². The summed E-state index contributed by atoms with van der Waals surface area (Å²) in [5, 5.41) is 0. The Labute approximate surface area is 117 Å². The van der Waals surface area contributed by atoms with E-state index in [1.165, 1.54) is 57.8 Å². The largest absolute Gasteiger partial charge is 0.337 e. The van der Waals surface area contributed by atoms with Crippen molar-refractivity contribution < 1.29 is 0 Å². The first kappa shape index (κ1) is 16.7. The van der Waals surface area contributed by atoms with Crippen molar-refractivity contribution in [1.29, 1.82) is 0 Å². The van der Waals surface area contributed by atoms with Gasteiger partial charge in [-0.25, -0.2) is 4.98 Å². The molecular formula is C14H27BrN2. The van der Waals surface area contributed by atoms with Crippen LogP contribution in [0.4, 0.5) is 0 Å². The third-order valence-electron chi connectivity index (χ3n) is 3.08. The number of rotatable bonds is 10. The van der Waals surface area contributed by atoms with Crippen molar-refractivity contribution in [2.75, 3.05) is 0 Å². The van der Waals surface area contributed by atoms with Crippen LogP contribution in [0.15, 0.2) is 18.7 Å². The smallest absolute Gasteiger partial charge is 0.0945 e. The molecule has 0 fully saturated rings. The van der Waals surface area contributed by atoms with Crippen LogP contribution in [0.1, 0.15) is 64.7 Å². The van der Waals surface area contributed by atoms with Gasteiger partial charge >= 0.3 is 0 Å². The van der Waals surface area contributed by atoms with Gasteiger partial charge in [0, 0.05) is 18.9 Å². The fraction of sp³-hybridized carbons (Fsp3) is 0.786. The molecule has 0 radical (unpaired) electrons. The maximum atomic E-state index is 4.04. The summed E-state index contributed by atoms with van der Waals surface area (Å²) >= 11 is 0. The first-order chi connectivity index (χ1) is 7.93. The summed E-state index contributed by atoms with van der Waals surface area (Å²) in [4.78, 5) is 4.04. The summed E-state index contributed by atoms with van der Waals surface area (Å²) in [6.07, 6.45) is 18.4. The molecule has 0 spiro atoms. The predicted octanol–water partition coefficient (Wildman–Crippen LogP) is 4.99. The molecule has 0 atom stereocenters. The highest BCUT2D eigenvalue weighted by molar-refractivity contribution is 8.93. The Bertz CT molecular complexity index is 234. The summed E-state index contributed by atoms with van der Waals surface area (Å²) in [5.74, 6) is 0. The van der Waals surface area contributed by atoms with Gasteiger partial charge in [-0.05, 0) is 6.42 Å². The highest BCUT2D eigenvalue weighted by Gasteiger charge is 1.93. The lowest BCUT2D eigenvalue weighted by molar-refractivity contribution is 0.538. The highest BCUT2D eigenvalue weighted by Crippen LogP contribution is 2.09. The molecule has 0 unspecified atom stereocenters. The van der Waals surface area contributed by atoms with Crippen LogP contribution in [0.3, 0.4) is 0 Å². The number of hydrogen-bond donors (Lipinski definition) is 0. The van der Waals surface area contributed by atoms with Crippen LogP contribution in [-0.2, 0) is 6.54 Å². The minimum absolute atomic E-state index is 0. The van der Waals surface area contributed by atoms with E-state index >= 15 is 0 Å². The average molecular weight is 303 g/mol. The number of aryl methyl sites for hydroxylation is 1. The SMILES string of the molecule is Br.CCCCCCCCCCCn1ccnc1. The first-order valence-corrected chi connectivity index (χ1v) is 6.89. The minimum atomic E-state index is 0. The highest BCUT2D eigenvalue weighted by atomic mass is 79.9. The molecule has 3 heteroatoms. The summed E-state index contributed by atoms with van der Waals surface area (Å²) < 4.78 is 2.17. The van der Waals surface area contributed by atoms with Crippen molar-refractivity contribution in [3.05, 3.63) is 18.7 Å². The molecule has 1 aromatic rings. The van der Waals surface area contributed by atoms with Crippen molar-refractivity contribution in [2.24, 2.45) is 0 Å². The molecule has 2 nitrogen and oxygen atoms in total. The molecule has 0 saturated heterocycles. The zero-order valence-electron chi connectivity index (χ0n) is 11.1. The maximum Gasteiger partial charge on any atom is 0.0945 e. The Hall–Kier alpha value is -0.310. The van der Waals surface area contributed by atoms with E-state index < -0.39 is 0 Å².